The number of anilines is 1. The first-order chi connectivity index (χ1) is 10.0. The number of amides is 1. The molecule has 0 unspecified atom stereocenters. The van der Waals surface area contributed by atoms with Gasteiger partial charge in [-0.2, -0.15) is 0 Å². The number of nitrogens with two attached hydrogens (primary N) is 1. The van der Waals surface area contributed by atoms with Crippen molar-refractivity contribution < 1.29 is 10.0 Å². The number of rotatable bonds is 3. The second kappa shape index (κ2) is 6.36. The van der Waals surface area contributed by atoms with Gasteiger partial charge in [-0.25, -0.2) is 4.98 Å². The van der Waals surface area contributed by atoms with E-state index < -0.39 is 0 Å². The summed E-state index contributed by atoms with van der Waals surface area (Å²) in [6.45, 7) is 1.82. The van der Waals surface area contributed by atoms with E-state index in [2.05, 4.69) is 31.4 Å². The maximum atomic E-state index is 12.1. The standard InChI is InChI=1S/C14H13BrN4O2/c1-8-3-2-4-12(17-8)14(20)18-11-6-5-9(7-10(11)15)13(16)19-21/h2-7,21H,1H3,(H2,16,19)(H,18,20). The molecule has 108 valence electrons. The van der Waals surface area contributed by atoms with E-state index in [4.69, 9.17) is 10.9 Å². The van der Waals surface area contributed by atoms with Gasteiger partial charge < -0.3 is 16.3 Å². The van der Waals surface area contributed by atoms with Gasteiger partial charge in [-0.1, -0.05) is 11.2 Å². The molecule has 2 aromatic rings. The Kier molecular flexibility index (Phi) is 4.54. The molecule has 0 radical (unpaired) electrons. The second-order valence-electron chi connectivity index (χ2n) is 4.30. The fourth-order valence-electron chi connectivity index (χ4n) is 1.69. The van der Waals surface area contributed by atoms with Crippen molar-refractivity contribution in [3.05, 3.63) is 57.8 Å². The molecule has 0 aliphatic heterocycles. The van der Waals surface area contributed by atoms with E-state index in [-0.39, 0.29) is 11.7 Å². The molecule has 0 bridgehead atoms. The normalized spacial score (nSPS) is 11.2. The van der Waals surface area contributed by atoms with E-state index in [9.17, 15) is 4.79 Å². The molecular formula is C14H13BrN4O2. The predicted molar refractivity (Wildman–Crippen MR) is 83.6 cm³/mol. The third-order valence-corrected chi connectivity index (χ3v) is 3.40. The number of aromatic nitrogens is 1. The number of benzene rings is 1. The van der Waals surface area contributed by atoms with Crippen LogP contribution in [0.15, 0.2) is 46.0 Å². The van der Waals surface area contributed by atoms with Crippen LogP contribution in [0.3, 0.4) is 0 Å². The lowest BCUT2D eigenvalue weighted by molar-refractivity contribution is 0.102. The minimum absolute atomic E-state index is 0.00562. The lowest BCUT2D eigenvalue weighted by Crippen LogP contribution is -2.16. The Labute approximate surface area is 129 Å². The van der Waals surface area contributed by atoms with Crippen molar-refractivity contribution in [2.45, 2.75) is 6.92 Å². The Balaban J connectivity index is 2.22. The highest BCUT2D eigenvalue weighted by atomic mass is 79.9. The van der Waals surface area contributed by atoms with E-state index >= 15 is 0 Å². The number of aryl methyl sites for hydroxylation is 1. The van der Waals surface area contributed by atoms with Crippen LogP contribution in [0, 0.1) is 6.92 Å². The number of nitrogens with zero attached hydrogens (tertiary/aromatic N) is 2. The Morgan fingerprint density at radius 3 is 2.76 bits per heavy atom. The highest BCUT2D eigenvalue weighted by Gasteiger charge is 2.11. The molecule has 1 aromatic carbocycles. The van der Waals surface area contributed by atoms with Gasteiger partial charge in [0.2, 0.25) is 0 Å². The first-order valence-corrected chi connectivity index (χ1v) is 6.83. The average Bonchev–Trinajstić information content (AvgIpc) is 2.48. The van der Waals surface area contributed by atoms with Gasteiger partial charge >= 0.3 is 0 Å². The number of nitrogens with one attached hydrogen (secondary N) is 1. The van der Waals surface area contributed by atoms with Gasteiger partial charge in [0.1, 0.15) is 5.69 Å². The Morgan fingerprint density at radius 1 is 1.38 bits per heavy atom. The molecule has 0 fully saturated rings. The fourth-order valence-corrected chi connectivity index (χ4v) is 2.17. The Morgan fingerprint density at radius 2 is 2.14 bits per heavy atom. The Bertz CT molecular complexity index is 716. The van der Waals surface area contributed by atoms with E-state index in [1.54, 1.807) is 30.3 Å². The summed E-state index contributed by atoms with van der Waals surface area (Å²) in [7, 11) is 0. The highest BCUT2D eigenvalue weighted by Crippen LogP contribution is 2.24. The predicted octanol–water partition coefficient (Wildman–Crippen LogP) is 2.50. The van der Waals surface area contributed by atoms with Crippen LogP contribution >= 0.6 is 15.9 Å². The molecule has 1 amide bonds. The van der Waals surface area contributed by atoms with E-state index in [1.807, 2.05) is 13.0 Å². The molecule has 0 spiro atoms. The summed E-state index contributed by atoms with van der Waals surface area (Å²) in [5.74, 6) is -0.315. The van der Waals surface area contributed by atoms with Gasteiger partial charge in [0, 0.05) is 15.7 Å². The molecule has 2 rings (SSSR count). The number of hydrogen-bond acceptors (Lipinski definition) is 4. The van der Waals surface area contributed by atoms with Crippen molar-refractivity contribution >= 4 is 33.4 Å². The van der Waals surface area contributed by atoms with Crippen molar-refractivity contribution in [2.24, 2.45) is 10.9 Å². The van der Waals surface area contributed by atoms with Crippen LogP contribution in [-0.2, 0) is 0 Å². The topological polar surface area (TPSA) is 101 Å². The molecule has 1 heterocycles. The largest absolute Gasteiger partial charge is 0.409 e. The van der Waals surface area contributed by atoms with Gasteiger partial charge in [-0.05, 0) is 53.2 Å². The maximum Gasteiger partial charge on any atom is 0.274 e. The molecular weight excluding hydrogens is 336 g/mol. The third kappa shape index (κ3) is 3.57. The van der Waals surface area contributed by atoms with E-state index in [0.29, 0.717) is 21.4 Å². The summed E-state index contributed by atoms with van der Waals surface area (Å²) in [5, 5.41) is 14.3. The minimum atomic E-state index is -0.309. The summed E-state index contributed by atoms with van der Waals surface area (Å²) in [4.78, 5) is 16.3. The van der Waals surface area contributed by atoms with Crippen molar-refractivity contribution in [3.8, 4) is 0 Å². The SMILES string of the molecule is Cc1cccc(C(=O)Nc2ccc(/C(N)=N/O)cc2Br)n1. The van der Waals surface area contributed by atoms with Crippen molar-refractivity contribution in [1.82, 2.24) is 4.98 Å². The first-order valence-electron chi connectivity index (χ1n) is 6.03. The molecule has 6 nitrogen and oxygen atoms in total. The third-order valence-electron chi connectivity index (χ3n) is 2.74. The Hall–Kier alpha value is -2.41. The van der Waals surface area contributed by atoms with Gasteiger partial charge in [-0.15, -0.1) is 0 Å². The molecule has 0 saturated carbocycles. The molecule has 0 atom stereocenters. The molecule has 4 N–H and O–H groups in total. The number of hydrogen-bond donors (Lipinski definition) is 3. The van der Waals surface area contributed by atoms with Crippen molar-refractivity contribution in [1.29, 1.82) is 0 Å². The van der Waals surface area contributed by atoms with Crippen LogP contribution < -0.4 is 11.1 Å². The van der Waals surface area contributed by atoms with E-state index in [0.717, 1.165) is 5.69 Å². The van der Waals surface area contributed by atoms with Crippen LogP contribution in [0.4, 0.5) is 5.69 Å². The van der Waals surface area contributed by atoms with Gasteiger partial charge in [0.25, 0.3) is 5.91 Å². The number of carbonyl (C=O) groups excluding carboxylic acids is 1. The first kappa shape index (κ1) is 15.0. The molecule has 1 aromatic heterocycles. The zero-order valence-corrected chi connectivity index (χ0v) is 12.8. The number of pyridine rings is 1. The lowest BCUT2D eigenvalue weighted by Gasteiger charge is -2.09. The summed E-state index contributed by atoms with van der Waals surface area (Å²) in [6, 6.07) is 10.2. The van der Waals surface area contributed by atoms with Crippen LogP contribution in [0.2, 0.25) is 0 Å². The summed E-state index contributed by atoms with van der Waals surface area (Å²) in [5.41, 5.74) is 7.71. The van der Waals surface area contributed by atoms with Gasteiger partial charge in [-0.3, -0.25) is 4.79 Å². The van der Waals surface area contributed by atoms with Crippen LogP contribution in [-0.4, -0.2) is 21.9 Å². The highest BCUT2D eigenvalue weighted by molar-refractivity contribution is 9.10. The van der Waals surface area contributed by atoms with Gasteiger partial charge in [0.05, 0.1) is 5.69 Å². The quantitative estimate of drug-likeness (QED) is 0.343. The van der Waals surface area contributed by atoms with Crippen LogP contribution in [0.1, 0.15) is 21.7 Å². The van der Waals surface area contributed by atoms with Crippen LogP contribution in [0.25, 0.3) is 0 Å². The summed E-state index contributed by atoms with van der Waals surface area (Å²) >= 11 is 3.33. The number of oxime groups is 1. The second-order valence-corrected chi connectivity index (χ2v) is 5.15. The summed E-state index contributed by atoms with van der Waals surface area (Å²) in [6.07, 6.45) is 0. The monoisotopic (exact) mass is 348 g/mol. The van der Waals surface area contributed by atoms with E-state index in [1.165, 1.54) is 0 Å². The zero-order chi connectivity index (χ0) is 15.4. The average molecular weight is 349 g/mol. The van der Waals surface area contributed by atoms with Crippen molar-refractivity contribution in [2.75, 3.05) is 5.32 Å². The number of carbonyl (C=O) groups is 1. The summed E-state index contributed by atoms with van der Waals surface area (Å²) < 4.78 is 0.618. The molecule has 7 heteroatoms. The lowest BCUT2D eigenvalue weighted by atomic mass is 10.2. The van der Waals surface area contributed by atoms with Crippen molar-refractivity contribution in [3.63, 3.8) is 0 Å². The molecule has 0 saturated heterocycles. The molecule has 0 aliphatic carbocycles. The molecule has 21 heavy (non-hydrogen) atoms. The minimum Gasteiger partial charge on any atom is -0.409 e. The zero-order valence-electron chi connectivity index (χ0n) is 11.2. The number of amidine groups is 1. The molecule has 0 aliphatic rings. The smallest absolute Gasteiger partial charge is 0.274 e. The van der Waals surface area contributed by atoms with Gasteiger partial charge in [0.15, 0.2) is 5.84 Å². The fraction of sp³-hybridized carbons (Fsp3) is 0.0714. The maximum absolute atomic E-state index is 12.1. The number of halogens is 1. The van der Waals surface area contributed by atoms with Crippen LogP contribution in [0.5, 0.6) is 0 Å².